The number of sulfone groups is 1. The van der Waals surface area contributed by atoms with Crippen molar-refractivity contribution in [3.63, 3.8) is 0 Å². The molecule has 1 heterocycles. The van der Waals surface area contributed by atoms with Gasteiger partial charge in [0.1, 0.15) is 16.3 Å². The Morgan fingerprint density at radius 3 is 2.67 bits per heavy atom. The van der Waals surface area contributed by atoms with Gasteiger partial charge < -0.3 is 15.6 Å². The number of halogens is 2. The summed E-state index contributed by atoms with van der Waals surface area (Å²) in [7, 11) is -4.13. The van der Waals surface area contributed by atoms with Crippen LogP contribution in [0.15, 0.2) is 17.0 Å². The number of hydrogen-bond donors (Lipinski definition) is 2. The van der Waals surface area contributed by atoms with Crippen molar-refractivity contribution in [2.45, 2.75) is 16.3 Å². The highest BCUT2D eigenvalue weighted by molar-refractivity contribution is 7.92. The van der Waals surface area contributed by atoms with E-state index in [-0.39, 0.29) is 23.9 Å². The summed E-state index contributed by atoms with van der Waals surface area (Å²) in [5.74, 6) is -0.651. The van der Waals surface area contributed by atoms with Crippen LogP contribution in [0.2, 0.25) is 5.02 Å². The minimum Gasteiger partial charge on any atom is -0.504 e. The molecule has 8 heteroatoms. The molecular formula is C10H11ClFNO4S. The summed E-state index contributed by atoms with van der Waals surface area (Å²) in [5, 5.41) is 8.14. The first-order chi connectivity index (χ1) is 8.35. The van der Waals surface area contributed by atoms with Crippen LogP contribution in [0.4, 0.5) is 10.1 Å². The maximum atomic E-state index is 13.5. The Bertz CT molecular complexity index is 577. The fourth-order valence-corrected chi connectivity index (χ4v) is 4.02. The molecular weight excluding hydrogens is 285 g/mol. The number of benzene rings is 1. The second-order valence-corrected chi connectivity index (χ2v) is 6.46. The lowest BCUT2D eigenvalue weighted by Gasteiger charge is -2.15. The Labute approximate surface area is 108 Å². The Balaban J connectivity index is 2.58. The van der Waals surface area contributed by atoms with Gasteiger partial charge in [0, 0.05) is 0 Å². The van der Waals surface area contributed by atoms with E-state index in [0.29, 0.717) is 0 Å². The number of nitrogen functional groups attached to an aromatic ring is 1. The molecule has 3 N–H and O–H groups in total. The lowest BCUT2D eigenvalue weighted by molar-refractivity contribution is 0.173. The van der Waals surface area contributed by atoms with E-state index in [1.54, 1.807) is 0 Å². The Morgan fingerprint density at radius 2 is 2.11 bits per heavy atom. The van der Waals surface area contributed by atoms with Crippen molar-refractivity contribution >= 4 is 27.1 Å². The number of anilines is 1. The van der Waals surface area contributed by atoms with E-state index in [0.717, 1.165) is 0 Å². The number of ether oxygens (including phenoxy) is 1. The van der Waals surface area contributed by atoms with Gasteiger partial charge in [0.2, 0.25) is 0 Å². The van der Waals surface area contributed by atoms with E-state index in [4.69, 9.17) is 22.1 Å². The molecule has 0 unspecified atom stereocenters. The van der Waals surface area contributed by atoms with E-state index < -0.39 is 31.9 Å². The summed E-state index contributed by atoms with van der Waals surface area (Å²) in [6, 6.07) is 2.52. The smallest absolute Gasteiger partial charge is 0.191 e. The number of phenolic OH excluding ortho intramolecular Hbond substituents is 1. The number of rotatable bonds is 2. The van der Waals surface area contributed by atoms with Gasteiger partial charge in [0.25, 0.3) is 0 Å². The summed E-state index contributed by atoms with van der Waals surface area (Å²) in [4.78, 5) is -0.540. The van der Waals surface area contributed by atoms with E-state index >= 15 is 0 Å². The van der Waals surface area contributed by atoms with E-state index in [1.165, 1.54) is 12.1 Å². The van der Waals surface area contributed by atoms with Crippen LogP contribution in [0.3, 0.4) is 0 Å². The molecule has 0 amide bonds. The molecule has 100 valence electrons. The van der Waals surface area contributed by atoms with Crippen LogP contribution >= 0.6 is 11.6 Å². The maximum Gasteiger partial charge on any atom is 0.191 e. The van der Waals surface area contributed by atoms with Gasteiger partial charge in [-0.25, -0.2) is 12.8 Å². The van der Waals surface area contributed by atoms with E-state index in [1.807, 2.05) is 0 Å². The lowest BCUT2D eigenvalue weighted by Crippen LogP contribution is -2.30. The predicted octanol–water partition coefficient (Wildman–Crippen LogP) is 1.14. The molecule has 0 radical (unpaired) electrons. The molecule has 1 aliphatic heterocycles. The van der Waals surface area contributed by atoms with Crippen LogP contribution in [0.5, 0.6) is 5.75 Å². The van der Waals surface area contributed by atoms with Crippen molar-refractivity contribution in [3.05, 3.63) is 17.2 Å². The highest BCUT2D eigenvalue weighted by Gasteiger charge is 2.42. The zero-order valence-electron chi connectivity index (χ0n) is 9.14. The molecule has 0 bridgehead atoms. The summed E-state index contributed by atoms with van der Waals surface area (Å²) in [5.41, 5.74) is 5.29. The average Bonchev–Trinajstić information content (AvgIpc) is 2.71. The highest BCUT2D eigenvalue weighted by atomic mass is 35.5. The third-order valence-electron chi connectivity index (χ3n) is 2.76. The maximum absolute atomic E-state index is 13.5. The number of hydrogen-bond acceptors (Lipinski definition) is 5. The molecule has 2 atom stereocenters. The van der Waals surface area contributed by atoms with Crippen molar-refractivity contribution in [1.82, 2.24) is 0 Å². The summed E-state index contributed by atoms with van der Waals surface area (Å²) < 4.78 is 42.7. The molecule has 0 saturated carbocycles. The van der Waals surface area contributed by atoms with Crippen molar-refractivity contribution in [2.24, 2.45) is 0 Å². The van der Waals surface area contributed by atoms with Gasteiger partial charge in [-0.1, -0.05) is 11.6 Å². The predicted molar refractivity (Wildman–Crippen MR) is 64.2 cm³/mol. The van der Waals surface area contributed by atoms with Gasteiger partial charge in [0.15, 0.2) is 15.6 Å². The van der Waals surface area contributed by atoms with Crippen LogP contribution in [-0.4, -0.2) is 38.2 Å². The average molecular weight is 296 g/mol. The lowest BCUT2D eigenvalue weighted by atomic mass is 10.3. The van der Waals surface area contributed by atoms with Crippen molar-refractivity contribution in [3.8, 4) is 5.75 Å². The first-order valence-corrected chi connectivity index (χ1v) is 7.00. The standard InChI is InChI=1S/C10H11ClFNO4S/c11-5-1-2-7(13)9(14)10(5)18(15,16)8-4-17-3-6(8)12/h1-2,6,8,14H,3-4,13H2/t6-,8+/m0/s1. The molecule has 2 rings (SSSR count). The first kappa shape index (κ1) is 13.4. The molecule has 1 fully saturated rings. The zero-order chi connectivity index (χ0) is 13.5. The largest absolute Gasteiger partial charge is 0.504 e. The molecule has 0 spiro atoms. The third-order valence-corrected chi connectivity index (χ3v) is 5.40. The van der Waals surface area contributed by atoms with E-state index in [2.05, 4.69) is 0 Å². The number of alkyl halides is 1. The molecule has 1 aromatic rings. The van der Waals surface area contributed by atoms with Gasteiger partial charge in [0.05, 0.1) is 23.9 Å². The van der Waals surface area contributed by atoms with Crippen LogP contribution in [0.1, 0.15) is 0 Å². The van der Waals surface area contributed by atoms with Gasteiger partial charge in [-0.3, -0.25) is 0 Å². The fourth-order valence-electron chi connectivity index (χ4n) is 1.78. The van der Waals surface area contributed by atoms with Crippen molar-refractivity contribution in [2.75, 3.05) is 18.9 Å². The van der Waals surface area contributed by atoms with Crippen LogP contribution in [-0.2, 0) is 14.6 Å². The number of aromatic hydroxyl groups is 1. The van der Waals surface area contributed by atoms with Crippen molar-refractivity contribution < 1.29 is 22.7 Å². The van der Waals surface area contributed by atoms with Gasteiger partial charge >= 0.3 is 0 Å². The minimum absolute atomic E-state index is 0.132. The summed E-state index contributed by atoms with van der Waals surface area (Å²) in [6.07, 6.45) is -1.65. The summed E-state index contributed by atoms with van der Waals surface area (Å²) >= 11 is 5.75. The van der Waals surface area contributed by atoms with Crippen LogP contribution in [0, 0.1) is 0 Å². The SMILES string of the molecule is Nc1ccc(Cl)c(S(=O)(=O)[C@@H]2COC[C@@H]2F)c1O. The van der Waals surface area contributed by atoms with Crippen LogP contribution < -0.4 is 5.73 Å². The first-order valence-electron chi connectivity index (χ1n) is 5.08. The molecule has 1 aliphatic rings. The normalized spacial score (nSPS) is 24.3. The Hall–Kier alpha value is -1.05. The van der Waals surface area contributed by atoms with Gasteiger partial charge in [-0.15, -0.1) is 0 Å². The van der Waals surface area contributed by atoms with Gasteiger partial charge in [-0.2, -0.15) is 0 Å². The van der Waals surface area contributed by atoms with Crippen LogP contribution in [0.25, 0.3) is 0 Å². The molecule has 0 aliphatic carbocycles. The zero-order valence-corrected chi connectivity index (χ0v) is 10.7. The van der Waals surface area contributed by atoms with Crippen molar-refractivity contribution in [1.29, 1.82) is 0 Å². The molecule has 5 nitrogen and oxygen atoms in total. The van der Waals surface area contributed by atoms with E-state index in [9.17, 15) is 17.9 Å². The minimum atomic E-state index is -4.13. The second-order valence-electron chi connectivity index (χ2n) is 3.95. The molecule has 18 heavy (non-hydrogen) atoms. The fraction of sp³-hybridized carbons (Fsp3) is 0.400. The second kappa shape index (κ2) is 4.56. The molecule has 1 saturated heterocycles. The highest BCUT2D eigenvalue weighted by Crippen LogP contribution is 2.38. The molecule has 1 aromatic carbocycles. The number of phenols is 1. The molecule has 0 aromatic heterocycles. The quantitative estimate of drug-likeness (QED) is 0.631. The number of nitrogens with two attached hydrogens (primary N) is 1. The third kappa shape index (κ3) is 2.02. The van der Waals surface area contributed by atoms with Gasteiger partial charge in [-0.05, 0) is 12.1 Å². The monoisotopic (exact) mass is 295 g/mol. The Kier molecular flexibility index (Phi) is 3.39. The summed E-state index contributed by atoms with van der Waals surface area (Å²) in [6.45, 7) is -0.557. The topological polar surface area (TPSA) is 89.6 Å². The Morgan fingerprint density at radius 1 is 1.44 bits per heavy atom.